The van der Waals surface area contributed by atoms with Gasteiger partial charge in [-0.25, -0.2) is 4.98 Å². The molecule has 10 nitrogen and oxygen atoms in total. The lowest BCUT2D eigenvalue weighted by Crippen LogP contribution is -2.52. The number of hydrogen-bond acceptors (Lipinski definition) is 10. The van der Waals surface area contributed by atoms with Crippen LogP contribution in [0.3, 0.4) is 0 Å². The monoisotopic (exact) mass is 608 g/mol. The van der Waals surface area contributed by atoms with Gasteiger partial charge < -0.3 is 29.7 Å². The number of halogens is 1. The maximum Gasteiger partial charge on any atom is 0.229 e. The van der Waals surface area contributed by atoms with Crippen LogP contribution >= 0.6 is 18.7 Å². The van der Waals surface area contributed by atoms with Crippen LogP contribution in [0.15, 0.2) is 42.6 Å². The smallest absolute Gasteiger partial charge is 0.229 e. The van der Waals surface area contributed by atoms with Crippen LogP contribution in [0.2, 0.25) is 5.02 Å². The first-order chi connectivity index (χ1) is 20.2. The van der Waals surface area contributed by atoms with Crippen LogP contribution in [0.4, 0.5) is 28.8 Å². The maximum absolute atomic E-state index is 12.8. The van der Waals surface area contributed by atoms with Gasteiger partial charge in [-0.05, 0) is 51.4 Å². The zero-order valence-electron chi connectivity index (χ0n) is 24.6. The second kappa shape index (κ2) is 12.9. The summed E-state index contributed by atoms with van der Waals surface area (Å²) in [6.45, 7) is 9.70. The highest BCUT2D eigenvalue weighted by molar-refractivity contribution is 7.70. The van der Waals surface area contributed by atoms with E-state index >= 15 is 0 Å². The molecule has 0 unspecified atom stereocenters. The minimum absolute atomic E-state index is 0.276. The van der Waals surface area contributed by atoms with Gasteiger partial charge in [-0.2, -0.15) is 10.2 Å². The van der Waals surface area contributed by atoms with Crippen molar-refractivity contribution in [3.05, 3.63) is 53.2 Å². The molecule has 0 atom stereocenters. The third kappa shape index (κ3) is 6.82. The van der Waals surface area contributed by atoms with E-state index in [9.17, 15) is 9.83 Å². The van der Waals surface area contributed by atoms with Gasteiger partial charge >= 0.3 is 0 Å². The minimum atomic E-state index is -2.54. The molecular formula is C30H38ClN8O2P. The van der Waals surface area contributed by atoms with Gasteiger partial charge in [-0.3, -0.25) is 4.90 Å². The Hall–Kier alpha value is -3.35. The Kier molecular flexibility index (Phi) is 9.24. The zero-order chi connectivity index (χ0) is 29.9. The highest BCUT2D eigenvalue weighted by Crippen LogP contribution is 2.39. The average molecular weight is 609 g/mol. The number of nitrogens with zero attached hydrogens (tertiary/aromatic N) is 6. The number of methoxy groups -OCH3 is 1. The number of nitriles is 1. The van der Waals surface area contributed by atoms with E-state index in [2.05, 4.69) is 48.4 Å². The van der Waals surface area contributed by atoms with Gasteiger partial charge in [-0.1, -0.05) is 23.7 Å². The van der Waals surface area contributed by atoms with E-state index in [1.807, 2.05) is 30.3 Å². The van der Waals surface area contributed by atoms with Gasteiger partial charge in [0, 0.05) is 56.7 Å². The van der Waals surface area contributed by atoms with Crippen molar-refractivity contribution in [3.8, 4) is 11.8 Å². The van der Waals surface area contributed by atoms with Gasteiger partial charge in [0.05, 0.1) is 35.9 Å². The normalized spacial score (nSPS) is 17.1. The van der Waals surface area contributed by atoms with Crippen LogP contribution in [-0.2, 0) is 4.57 Å². The third-order valence-corrected chi connectivity index (χ3v) is 9.85. The van der Waals surface area contributed by atoms with Crippen molar-refractivity contribution in [3.63, 3.8) is 0 Å². The summed E-state index contributed by atoms with van der Waals surface area (Å²) in [6.07, 6.45) is 3.63. The Morgan fingerprint density at radius 1 is 1.05 bits per heavy atom. The van der Waals surface area contributed by atoms with Gasteiger partial charge in [0.2, 0.25) is 5.95 Å². The molecule has 222 valence electrons. The highest BCUT2D eigenvalue weighted by atomic mass is 35.5. The fourth-order valence-corrected chi connectivity index (χ4v) is 6.95. The molecule has 2 saturated heterocycles. The molecule has 0 bridgehead atoms. The fraction of sp³-hybridized carbons (Fsp3) is 0.433. The maximum atomic E-state index is 12.8. The molecule has 0 spiro atoms. The van der Waals surface area contributed by atoms with Crippen molar-refractivity contribution in [2.75, 3.05) is 82.3 Å². The van der Waals surface area contributed by atoms with Gasteiger partial charge in [0.25, 0.3) is 0 Å². The van der Waals surface area contributed by atoms with E-state index in [0.717, 1.165) is 57.8 Å². The van der Waals surface area contributed by atoms with Crippen LogP contribution in [-0.4, -0.2) is 92.6 Å². The predicted octanol–water partition coefficient (Wildman–Crippen LogP) is 4.96. The Labute approximate surface area is 253 Å². The number of anilines is 5. The Morgan fingerprint density at radius 3 is 2.43 bits per heavy atom. The summed E-state index contributed by atoms with van der Waals surface area (Å²) in [6, 6.07) is 14.1. The number of rotatable bonds is 8. The minimum Gasteiger partial charge on any atom is -0.494 e. The summed E-state index contributed by atoms with van der Waals surface area (Å²) in [4.78, 5) is 16.2. The Bertz CT molecular complexity index is 1510. The summed E-state index contributed by atoms with van der Waals surface area (Å²) < 4.78 is 18.6. The first-order valence-electron chi connectivity index (χ1n) is 14.2. The SMILES string of the molecule is COc1cc(N2CCC(N3CCN(C)CC3)CC2)c(C#N)cc1Nc1ncc(Cl)c(Nc2ccccc2P(C)(C)=O)n1. The zero-order valence-corrected chi connectivity index (χ0v) is 26.3. The molecule has 0 radical (unpaired) electrons. The lowest BCUT2D eigenvalue weighted by molar-refractivity contribution is 0.0982. The standard InChI is InChI=1S/C30H38ClN8O2P/c1-37-13-15-38(16-14-37)22-9-11-39(12-10-22)26-18-27(41-2)25(17-21(26)19-32)35-30-33-20-23(31)29(36-30)34-24-7-5-6-8-28(24)42(3,4)40/h5-8,17-18,20,22H,9-16H2,1-4H3,(H2,33,34,35,36). The van der Waals surface area contributed by atoms with Gasteiger partial charge in [0.15, 0.2) is 5.82 Å². The van der Waals surface area contributed by atoms with E-state index in [1.54, 1.807) is 26.5 Å². The van der Waals surface area contributed by atoms with Crippen molar-refractivity contribution < 1.29 is 9.30 Å². The Morgan fingerprint density at radius 2 is 1.76 bits per heavy atom. The largest absolute Gasteiger partial charge is 0.494 e. The number of aromatic nitrogens is 2. The van der Waals surface area contributed by atoms with Crippen LogP contribution < -0.4 is 25.6 Å². The van der Waals surface area contributed by atoms with E-state index in [0.29, 0.717) is 44.9 Å². The molecule has 2 aromatic carbocycles. The lowest BCUT2D eigenvalue weighted by atomic mass is 10.0. The van der Waals surface area contributed by atoms with Gasteiger partial charge in [-0.15, -0.1) is 0 Å². The number of para-hydroxylation sites is 1. The number of piperidine rings is 1. The summed E-state index contributed by atoms with van der Waals surface area (Å²) in [5, 5.41) is 17.5. The summed E-state index contributed by atoms with van der Waals surface area (Å²) in [5.74, 6) is 1.23. The molecule has 3 aromatic rings. The molecule has 0 saturated carbocycles. The van der Waals surface area contributed by atoms with Crippen molar-refractivity contribution in [2.45, 2.75) is 18.9 Å². The molecule has 0 amide bonds. The number of nitrogens with one attached hydrogen (secondary N) is 2. The molecule has 2 aliphatic rings. The average Bonchev–Trinajstić information content (AvgIpc) is 2.99. The molecule has 42 heavy (non-hydrogen) atoms. The molecule has 0 aliphatic carbocycles. The topological polar surface area (TPSA) is 110 Å². The van der Waals surface area contributed by atoms with E-state index < -0.39 is 7.14 Å². The lowest BCUT2D eigenvalue weighted by Gasteiger charge is -2.42. The van der Waals surface area contributed by atoms with Gasteiger partial charge in [0.1, 0.15) is 24.0 Å². The molecular weight excluding hydrogens is 571 g/mol. The summed E-state index contributed by atoms with van der Waals surface area (Å²) >= 11 is 6.43. The summed E-state index contributed by atoms with van der Waals surface area (Å²) in [7, 11) is 1.25. The third-order valence-electron chi connectivity index (χ3n) is 8.03. The number of hydrogen-bond donors (Lipinski definition) is 2. The van der Waals surface area contributed by atoms with Crippen LogP contribution in [0, 0.1) is 11.3 Å². The van der Waals surface area contributed by atoms with Crippen LogP contribution in [0.5, 0.6) is 5.75 Å². The van der Waals surface area contributed by atoms with E-state index in [1.165, 1.54) is 6.20 Å². The molecule has 5 rings (SSSR count). The molecule has 12 heteroatoms. The second-order valence-electron chi connectivity index (χ2n) is 11.2. The number of likely N-dealkylation sites (N-methyl/N-ethyl adjacent to an activating group) is 1. The number of piperazine rings is 1. The van der Waals surface area contributed by atoms with Crippen molar-refractivity contribution in [1.82, 2.24) is 19.8 Å². The van der Waals surface area contributed by atoms with E-state index in [-0.39, 0.29) is 5.95 Å². The fourth-order valence-electron chi connectivity index (χ4n) is 5.66. The van der Waals surface area contributed by atoms with Crippen molar-refractivity contribution in [2.24, 2.45) is 0 Å². The molecule has 2 fully saturated rings. The molecule has 1 aromatic heterocycles. The molecule has 3 heterocycles. The number of ether oxygens (including phenoxy) is 1. The highest BCUT2D eigenvalue weighted by Gasteiger charge is 2.28. The van der Waals surface area contributed by atoms with Crippen molar-refractivity contribution in [1.29, 1.82) is 5.26 Å². The molecule has 2 aliphatic heterocycles. The predicted molar refractivity (Wildman–Crippen MR) is 171 cm³/mol. The molecule has 2 N–H and O–H groups in total. The van der Waals surface area contributed by atoms with E-state index in [4.69, 9.17) is 16.3 Å². The first-order valence-corrected chi connectivity index (χ1v) is 17.1. The Balaban J connectivity index is 1.34. The summed E-state index contributed by atoms with van der Waals surface area (Å²) in [5.41, 5.74) is 2.67. The second-order valence-corrected chi connectivity index (χ2v) is 14.8. The first kappa shape index (κ1) is 30.1. The number of benzene rings is 2. The quantitative estimate of drug-likeness (QED) is 0.341. The van der Waals surface area contributed by atoms with Crippen LogP contribution in [0.1, 0.15) is 18.4 Å². The van der Waals surface area contributed by atoms with Crippen molar-refractivity contribution >= 4 is 52.9 Å². The van der Waals surface area contributed by atoms with Crippen LogP contribution in [0.25, 0.3) is 0 Å².